The van der Waals surface area contributed by atoms with Gasteiger partial charge in [-0.25, -0.2) is 0 Å². The highest BCUT2D eigenvalue weighted by Crippen LogP contribution is 2.32. The highest BCUT2D eigenvalue weighted by molar-refractivity contribution is 7.71. The first-order chi connectivity index (χ1) is 10.2. The number of H-pyrrole nitrogens is 1. The van der Waals surface area contributed by atoms with E-state index in [2.05, 4.69) is 34.6 Å². The minimum Gasteiger partial charge on any atom is -0.388 e. The lowest BCUT2D eigenvalue weighted by Gasteiger charge is -2.09. The van der Waals surface area contributed by atoms with Crippen molar-refractivity contribution < 1.29 is 0 Å². The standard InChI is InChI=1S/C17H17N3S/c1-18-14-10-6-9-13(11-14)16-15(19-17(21)20(16)2)12-7-4-3-5-8-12/h3-11,18H,1-2H3,(H,19,21). The molecular formula is C17H17N3S. The molecule has 0 spiro atoms. The van der Waals surface area contributed by atoms with Gasteiger partial charge in [0.15, 0.2) is 4.77 Å². The smallest absolute Gasteiger partial charge is 0.177 e. The van der Waals surface area contributed by atoms with Crippen molar-refractivity contribution in [1.82, 2.24) is 9.55 Å². The molecule has 0 fully saturated rings. The van der Waals surface area contributed by atoms with Gasteiger partial charge in [0.1, 0.15) is 0 Å². The summed E-state index contributed by atoms with van der Waals surface area (Å²) >= 11 is 5.41. The summed E-state index contributed by atoms with van der Waals surface area (Å²) in [6, 6.07) is 18.6. The van der Waals surface area contributed by atoms with Crippen LogP contribution in [0.15, 0.2) is 54.6 Å². The second-order valence-electron chi connectivity index (χ2n) is 4.91. The number of rotatable bonds is 3. The molecule has 1 heterocycles. The Morgan fingerprint density at radius 1 is 1.00 bits per heavy atom. The molecule has 0 atom stereocenters. The Kier molecular flexibility index (Phi) is 3.62. The summed E-state index contributed by atoms with van der Waals surface area (Å²) in [5.74, 6) is 0. The third-order valence-electron chi connectivity index (χ3n) is 3.60. The van der Waals surface area contributed by atoms with Gasteiger partial charge < -0.3 is 14.9 Å². The Morgan fingerprint density at radius 3 is 2.43 bits per heavy atom. The largest absolute Gasteiger partial charge is 0.388 e. The summed E-state index contributed by atoms with van der Waals surface area (Å²) in [5, 5.41) is 3.18. The third-order valence-corrected chi connectivity index (χ3v) is 3.97. The number of hydrogen-bond donors (Lipinski definition) is 2. The van der Waals surface area contributed by atoms with Gasteiger partial charge in [0.25, 0.3) is 0 Å². The average molecular weight is 295 g/mol. The van der Waals surface area contributed by atoms with Crippen LogP contribution in [0.3, 0.4) is 0 Å². The van der Waals surface area contributed by atoms with Crippen molar-refractivity contribution in [3.63, 3.8) is 0 Å². The zero-order chi connectivity index (χ0) is 14.8. The highest BCUT2D eigenvalue weighted by atomic mass is 32.1. The number of anilines is 1. The lowest BCUT2D eigenvalue weighted by molar-refractivity contribution is 0.902. The Morgan fingerprint density at radius 2 is 1.71 bits per heavy atom. The first-order valence-electron chi connectivity index (χ1n) is 6.83. The lowest BCUT2D eigenvalue weighted by atomic mass is 10.0. The summed E-state index contributed by atoms with van der Waals surface area (Å²) in [5.41, 5.74) is 5.50. The molecule has 2 aromatic carbocycles. The van der Waals surface area contributed by atoms with Crippen molar-refractivity contribution in [2.24, 2.45) is 7.05 Å². The molecule has 0 amide bonds. The van der Waals surface area contributed by atoms with Gasteiger partial charge in [-0.1, -0.05) is 42.5 Å². The topological polar surface area (TPSA) is 32.8 Å². The van der Waals surface area contributed by atoms with E-state index in [1.165, 1.54) is 0 Å². The van der Waals surface area contributed by atoms with Crippen LogP contribution in [0, 0.1) is 4.77 Å². The average Bonchev–Trinajstić information content (AvgIpc) is 2.84. The van der Waals surface area contributed by atoms with Crippen molar-refractivity contribution in [1.29, 1.82) is 0 Å². The molecular weight excluding hydrogens is 278 g/mol. The quantitative estimate of drug-likeness (QED) is 0.699. The van der Waals surface area contributed by atoms with Gasteiger partial charge >= 0.3 is 0 Å². The van der Waals surface area contributed by atoms with Gasteiger partial charge in [-0.3, -0.25) is 0 Å². The van der Waals surface area contributed by atoms with Crippen LogP contribution in [-0.2, 0) is 7.05 Å². The fraction of sp³-hybridized carbons (Fsp3) is 0.118. The SMILES string of the molecule is CNc1cccc(-c2c(-c3ccccc3)[nH]c(=S)n2C)c1. The first kappa shape index (κ1) is 13.6. The van der Waals surface area contributed by atoms with Crippen LogP contribution >= 0.6 is 12.2 Å². The molecule has 0 aliphatic carbocycles. The maximum absolute atomic E-state index is 5.41. The molecule has 0 saturated carbocycles. The van der Waals surface area contributed by atoms with E-state index >= 15 is 0 Å². The monoisotopic (exact) mass is 295 g/mol. The second kappa shape index (κ2) is 5.58. The number of hydrogen-bond acceptors (Lipinski definition) is 2. The van der Waals surface area contributed by atoms with Crippen molar-refractivity contribution in [2.75, 3.05) is 12.4 Å². The van der Waals surface area contributed by atoms with Gasteiger partial charge in [0.2, 0.25) is 0 Å². The minimum atomic E-state index is 0.721. The lowest BCUT2D eigenvalue weighted by Crippen LogP contribution is -1.94. The molecule has 0 aliphatic heterocycles. The van der Waals surface area contributed by atoms with Crippen LogP contribution in [0.5, 0.6) is 0 Å². The van der Waals surface area contributed by atoms with Crippen molar-refractivity contribution in [3.05, 3.63) is 59.4 Å². The highest BCUT2D eigenvalue weighted by Gasteiger charge is 2.13. The van der Waals surface area contributed by atoms with E-state index in [0.717, 1.165) is 33.0 Å². The van der Waals surface area contributed by atoms with E-state index < -0.39 is 0 Å². The fourth-order valence-electron chi connectivity index (χ4n) is 2.49. The number of benzene rings is 2. The number of aromatic amines is 1. The predicted molar refractivity (Wildman–Crippen MR) is 91.0 cm³/mol. The second-order valence-corrected chi connectivity index (χ2v) is 5.30. The Hall–Kier alpha value is -2.33. The Balaban J connectivity index is 2.24. The number of nitrogens with one attached hydrogen (secondary N) is 2. The molecule has 0 radical (unpaired) electrons. The zero-order valence-electron chi connectivity index (χ0n) is 12.1. The summed E-state index contributed by atoms with van der Waals surface area (Å²) < 4.78 is 2.74. The molecule has 106 valence electrons. The predicted octanol–water partition coefficient (Wildman–Crippen LogP) is 4.46. The molecule has 21 heavy (non-hydrogen) atoms. The number of nitrogens with zero attached hydrogens (tertiary/aromatic N) is 1. The minimum absolute atomic E-state index is 0.721. The van der Waals surface area contributed by atoms with Crippen molar-refractivity contribution >= 4 is 17.9 Å². The van der Waals surface area contributed by atoms with Gasteiger partial charge in [-0.2, -0.15) is 0 Å². The summed E-state index contributed by atoms with van der Waals surface area (Å²) in [7, 11) is 3.92. The summed E-state index contributed by atoms with van der Waals surface area (Å²) in [6.45, 7) is 0. The molecule has 3 rings (SSSR count). The first-order valence-corrected chi connectivity index (χ1v) is 7.24. The fourth-order valence-corrected chi connectivity index (χ4v) is 2.69. The van der Waals surface area contributed by atoms with Crippen LogP contribution in [0.25, 0.3) is 22.5 Å². The zero-order valence-corrected chi connectivity index (χ0v) is 12.9. The van der Waals surface area contributed by atoms with E-state index in [4.69, 9.17) is 12.2 Å². The van der Waals surface area contributed by atoms with Crippen LogP contribution in [0.2, 0.25) is 0 Å². The summed E-state index contributed by atoms with van der Waals surface area (Å²) in [4.78, 5) is 3.32. The number of aromatic nitrogens is 2. The van der Waals surface area contributed by atoms with Crippen molar-refractivity contribution in [3.8, 4) is 22.5 Å². The molecule has 0 aliphatic rings. The van der Waals surface area contributed by atoms with Crippen molar-refractivity contribution in [2.45, 2.75) is 0 Å². The van der Waals surface area contributed by atoms with E-state index in [1.54, 1.807) is 0 Å². The Bertz CT molecular complexity index is 816. The van der Waals surface area contributed by atoms with E-state index in [1.807, 2.05) is 49.0 Å². The molecule has 4 heteroatoms. The Labute approximate surface area is 129 Å². The molecule has 0 saturated heterocycles. The maximum atomic E-state index is 5.41. The van der Waals surface area contributed by atoms with Gasteiger partial charge in [0, 0.05) is 30.9 Å². The van der Waals surface area contributed by atoms with Crippen LogP contribution in [0.1, 0.15) is 0 Å². The molecule has 3 nitrogen and oxygen atoms in total. The molecule has 0 unspecified atom stereocenters. The van der Waals surface area contributed by atoms with Crippen LogP contribution in [0.4, 0.5) is 5.69 Å². The van der Waals surface area contributed by atoms with E-state index in [0.29, 0.717) is 0 Å². The van der Waals surface area contributed by atoms with E-state index in [9.17, 15) is 0 Å². The van der Waals surface area contributed by atoms with Crippen LogP contribution in [-0.4, -0.2) is 16.6 Å². The van der Waals surface area contributed by atoms with Crippen LogP contribution < -0.4 is 5.32 Å². The van der Waals surface area contributed by atoms with Gasteiger partial charge in [0.05, 0.1) is 11.4 Å². The molecule has 0 bridgehead atoms. The molecule has 2 N–H and O–H groups in total. The maximum Gasteiger partial charge on any atom is 0.177 e. The molecule has 1 aromatic heterocycles. The molecule has 3 aromatic rings. The van der Waals surface area contributed by atoms with Gasteiger partial charge in [-0.15, -0.1) is 0 Å². The van der Waals surface area contributed by atoms with Gasteiger partial charge in [-0.05, 0) is 24.4 Å². The normalized spacial score (nSPS) is 10.6. The van der Waals surface area contributed by atoms with E-state index in [-0.39, 0.29) is 0 Å². The third kappa shape index (κ3) is 2.50. The summed E-state index contributed by atoms with van der Waals surface area (Å²) in [6.07, 6.45) is 0. The number of imidazole rings is 1.